The van der Waals surface area contributed by atoms with Gasteiger partial charge in [0.1, 0.15) is 10.6 Å². The number of piperidine rings is 1. The molecule has 0 bridgehead atoms. The summed E-state index contributed by atoms with van der Waals surface area (Å²) in [6.45, 7) is 3.69. The van der Waals surface area contributed by atoms with Crippen molar-refractivity contribution in [2.24, 2.45) is 5.92 Å². The minimum Gasteiger partial charge on any atom is -0.360 e. The summed E-state index contributed by atoms with van der Waals surface area (Å²) >= 11 is 0. The van der Waals surface area contributed by atoms with E-state index in [0.717, 1.165) is 12.1 Å². The van der Waals surface area contributed by atoms with Crippen LogP contribution in [0.4, 0.5) is 13.2 Å². The number of hydrogen-bond donors (Lipinski definition) is 1. The number of carbonyl (C=O) groups is 1. The van der Waals surface area contributed by atoms with Gasteiger partial charge in [-0.15, -0.1) is 0 Å². The molecule has 0 saturated carbocycles. The topological polar surface area (TPSA) is 92.5 Å². The van der Waals surface area contributed by atoms with E-state index in [-0.39, 0.29) is 35.3 Å². The van der Waals surface area contributed by atoms with Crippen molar-refractivity contribution in [2.75, 3.05) is 19.6 Å². The monoisotopic (exact) mass is 459 g/mol. The molecule has 3 rings (SSSR count). The molecule has 11 heteroatoms. The molecule has 1 N–H and O–H groups in total. The van der Waals surface area contributed by atoms with Crippen molar-refractivity contribution in [3.8, 4) is 0 Å². The Morgan fingerprint density at radius 2 is 1.94 bits per heavy atom. The van der Waals surface area contributed by atoms with Crippen molar-refractivity contribution in [1.82, 2.24) is 14.8 Å². The van der Waals surface area contributed by atoms with Crippen LogP contribution < -0.4 is 5.32 Å². The second-order valence-electron chi connectivity index (χ2n) is 7.59. The van der Waals surface area contributed by atoms with Crippen molar-refractivity contribution in [3.05, 3.63) is 46.8 Å². The second kappa shape index (κ2) is 8.99. The van der Waals surface area contributed by atoms with Crippen LogP contribution in [-0.4, -0.2) is 43.4 Å². The highest BCUT2D eigenvalue weighted by molar-refractivity contribution is 7.89. The Kier molecular flexibility index (Phi) is 6.75. The molecule has 0 aliphatic carbocycles. The van der Waals surface area contributed by atoms with Crippen LogP contribution in [0.25, 0.3) is 0 Å². The van der Waals surface area contributed by atoms with E-state index < -0.39 is 27.7 Å². The number of hydrogen-bond acceptors (Lipinski definition) is 5. The Bertz CT molecular complexity index is 1010. The van der Waals surface area contributed by atoms with E-state index in [1.807, 2.05) is 0 Å². The molecule has 1 fully saturated rings. The van der Waals surface area contributed by atoms with Gasteiger partial charge in [0.2, 0.25) is 15.9 Å². The molecule has 0 spiro atoms. The van der Waals surface area contributed by atoms with Crippen LogP contribution in [0.15, 0.2) is 33.7 Å². The van der Waals surface area contributed by atoms with E-state index in [9.17, 15) is 26.4 Å². The summed E-state index contributed by atoms with van der Waals surface area (Å²) < 4.78 is 70.1. The van der Waals surface area contributed by atoms with E-state index in [0.29, 0.717) is 31.4 Å². The lowest BCUT2D eigenvalue weighted by molar-refractivity contribution is -0.137. The quantitative estimate of drug-likeness (QED) is 0.717. The Morgan fingerprint density at radius 1 is 1.26 bits per heavy atom. The number of sulfonamides is 1. The molecule has 1 aromatic carbocycles. The summed E-state index contributed by atoms with van der Waals surface area (Å²) in [5.74, 6) is -0.567. The molecule has 1 unspecified atom stereocenters. The van der Waals surface area contributed by atoms with Gasteiger partial charge < -0.3 is 9.84 Å². The summed E-state index contributed by atoms with van der Waals surface area (Å²) in [4.78, 5) is 12.6. The fourth-order valence-electron chi connectivity index (χ4n) is 3.68. The number of aryl methyl sites for hydroxylation is 2. The second-order valence-corrected chi connectivity index (χ2v) is 9.47. The number of nitrogens with one attached hydrogen (secondary N) is 1. The highest BCUT2D eigenvalue weighted by Gasteiger charge is 2.36. The number of aromatic nitrogens is 1. The van der Waals surface area contributed by atoms with Crippen LogP contribution in [0.2, 0.25) is 0 Å². The minimum absolute atomic E-state index is 0.0378. The molecule has 170 valence electrons. The third kappa shape index (κ3) is 5.27. The number of rotatable bonds is 6. The van der Waals surface area contributed by atoms with Crippen LogP contribution in [0, 0.1) is 19.8 Å². The SMILES string of the molecule is Cc1noc(C)c1S(=O)(=O)N1CCCC(C(=O)NCCc2ccc(C(F)(F)F)cc2)C1. The number of benzene rings is 1. The number of carbonyl (C=O) groups excluding carboxylic acids is 1. The standard InChI is InChI=1S/C20H24F3N3O4S/c1-13-18(14(2)30-25-13)31(28,29)26-11-3-4-16(12-26)19(27)24-10-9-15-5-7-17(8-6-15)20(21,22)23/h5-8,16H,3-4,9-12H2,1-2H3,(H,24,27). The van der Waals surface area contributed by atoms with E-state index in [2.05, 4.69) is 10.5 Å². The molecular formula is C20H24F3N3O4S. The van der Waals surface area contributed by atoms with E-state index in [4.69, 9.17) is 4.52 Å². The van der Waals surface area contributed by atoms with Crippen LogP contribution >= 0.6 is 0 Å². The zero-order chi connectivity index (χ0) is 22.8. The van der Waals surface area contributed by atoms with E-state index in [1.54, 1.807) is 6.92 Å². The summed E-state index contributed by atoms with van der Waals surface area (Å²) in [6, 6.07) is 4.78. The zero-order valence-electron chi connectivity index (χ0n) is 17.2. The molecule has 31 heavy (non-hydrogen) atoms. The Balaban J connectivity index is 1.56. The Hall–Kier alpha value is -2.40. The first-order valence-electron chi connectivity index (χ1n) is 9.87. The molecule has 1 aliphatic rings. The summed E-state index contributed by atoms with van der Waals surface area (Å²) in [5, 5.41) is 6.46. The molecule has 2 heterocycles. The maximum Gasteiger partial charge on any atom is 0.416 e. The van der Waals surface area contributed by atoms with Gasteiger partial charge in [-0.2, -0.15) is 17.5 Å². The third-order valence-electron chi connectivity index (χ3n) is 5.31. The lowest BCUT2D eigenvalue weighted by Crippen LogP contribution is -2.45. The first-order chi connectivity index (χ1) is 14.5. The molecule has 1 saturated heterocycles. The average Bonchev–Trinajstić information content (AvgIpc) is 3.06. The summed E-state index contributed by atoms with van der Waals surface area (Å²) in [5.41, 5.74) is 0.224. The predicted molar refractivity (Wildman–Crippen MR) is 106 cm³/mol. The fourth-order valence-corrected chi connectivity index (χ4v) is 5.50. The highest BCUT2D eigenvalue weighted by Crippen LogP contribution is 2.29. The van der Waals surface area contributed by atoms with Gasteiger partial charge in [-0.1, -0.05) is 17.3 Å². The van der Waals surface area contributed by atoms with E-state index in [1.165, 1.54) is 23.4 Å². The average molecular weight is 459 g/mol. The van der Waals surface area contributed by atoms with E-state index >= 15 is 0 Å². The maximum absolute atomic E-state index is 13.0. The Morgan fingerprint density at radius 3 is 2.52 bits per heavy atom. The van der Waals surface area contributed by atoms with Gasteiger partial charge in [0, 0.05) is 19.6 Å². The van der Waals surface area contributed by atoms with Crippen LogP contribution in [0.3, 0.4) is 0 Å². The number of alkyl halides is 3. The normalized spacial score (nSPS) is 18.2. The van der Waals surface area contributed by atoms with Gasteiger partial charge in [-0.05, 0) is 50.8 Å². The zero-order valence-corrected chi connectivity index (χ0v) is 18.0. The summed E-state index contributed by atoms with van der Waals surface area (Å²) in [7, 11) is -3.82. The number of halogens is 3. The van der Waals surface area contributed by atoms with Gasteiger partial charge in [0.15, 0.2) is 5.76 Å². The third-order valence-corrected chi connectivity index (χ3v) is 7.43. The van der Waals surface area contributed by atoms with Gasteiger partial charge >= 0.3 is 6.18 Å². The van der Waals surface area contributed by atoms with Gasteiger partial charge in [-0.3, -0.25) is 4.79 Å². The lowest BCUT2D eigenvalue weighted by Gasteiger charge is -2.31. The largest absolute Gasteiger partial charge is 0.416 e. The molecule has 1 amide bonds. The van der Waals surface area contributed by atoms with Crippen LogP contribution in [0.1, 0.15) is 35.4 Å². The molecule has 7 nitrogen and oxygen atoms in total. The first-order valence-corrected chi connectivity index (χ1v) is 11.3. The molecule has 1 atom stereocenters. The number of nitrogens with zero attached hydrogens (tertiary/aromatic N) is 2. The van der Waals surface area contributed by atoms with Gasteiger partial charge in [0.25, 0.3) is 0 Å². The molecule has 2 aromatic rings. The Labute approximate surface area is 178 Å². The fraction of sp³-hybridized carbons (Fsp3) is 0.500. The van der Waals surface area contributed by atoms with Crippen molar-refractivity contribution in [3.63, 3.8) is 0 Å². The molecule has 0 radical (unpaired) electrons. The minimum atomic E-state index is -4.39. The maximum atomic E-state index is 13.0. The van der Waals surface area contributed by atoms with Crippen LogP contribution in [-0.2, 0) is 27.4 Å². The van der Waals surface area contributed by atoms with Crippen molar-refractivity contribution >= 4 is 15.9 Å². The van der Waals surface area contributed by atoms with Gasteiger partial charge in [0.05, 0.1) is 11.5 Å². The molecular weight excluding hydrogens is 435 g/mol. The lowest BCUT2D eigenvalue weighted by atomic mass is 9.98. The van der Waals surface area contributed by atoms with Crippen molar-refractivity contribution < 1.29 is 30.9 Å². The predicted octanol–water partition coefficient (Wildman–Crippen LogP) is 3.07. The smallest absolute Gasteiger partial charge is 0.360 e. The van der Waals surface area contributed by atoms with Gasteiger partial charge in [-0.25, -0.2) is 8.42 Å². The summed E-state index contributed by atoms with van der Waals surface area (Å²) in [6.07, 6.45) is -2.92. The van der Waals surface area contributed by atoms with Crippen molar-refractivity contribution in [2.45, 2.75) is 44.2 Å². The molecule has 1 aromatic heterocycles. The number of amides is 1. The van der Waals surface area contributed by atoms with Crippen LogP contribution in [0.5, 0.6) is 0 Å². The molecule has 1 aliphatic heterocycles. The first kappa shape index (κ1) is 23.3. The highest BCUT2D eigenvalue weighted by atomic mass is 32.2. The van der Waals surface area contributed by atoms with Crippen molar-refractivity contribution in [1.29, 1.82) is 0 Å².